The molecule has 0 amide bonds. The number of esters is 1. The average molecular weight is 560 g/mol. The standard InChI is InChI=1S/C27H33N3O8S/c1-15-11-23(33)26(27(35)29(15)9-7-18-5-6-21(31)22(32)12-18)20(13-24(34)38-4)25-16(2)28-30(17(25)3)19-8-10-39(36,37)14-19/h5-6,11-12,19-20,31-33H,7-10,13-14H2,1-4H3. The third kappa shape index (κ3) is 5.65. The lowest BCUT2D eigenvalue weighted by molar-refractivity contribution is -0.140. The molecule has 1 aromatic carbocycles. The predicted octanol–water partition coefficient (Wildman–Crippen LogP) is 2.38. The molecule has 2 unspecified atom stereocenters. The van der Waals surface area contributed by atoms with Crippen molar-refractivity contribution in [1.82, 2.24) is 14.3 Å². The highest BCUT2D eigenvalue weighted by Gasteiger charge is 2.35. The number of carbonyl (C=O) groups excluding carboxylic acids is 1. The number of aryl methyl sites for hydroxylation is 3. The predicted molar refractivity (Wildman–Crippen MR) is 143 cm³/mol. The van der Waals surface area contributed by atoms with Crippen molar-refractivity contribution in [2.45, 2.75) is 58.5 Å². The summed E-state index contributed by atoms with van der Waals surface area (Å²) in [6.07, 6.45) is 0.540. The molecule has 210 valence electrons. The second-order valence-electron chi connectivity index (χ2n) is 10.0. The lowest BCUT2D eigenvalue weighted by atomic mass is 9.87. The van der Waals surface area contributed by atoms with Crippen molar-refractivity contribution in [2.75, 3.05) is 18.6 Å². The Hall–Kier alpha value is -3.80. The Bertz CT molecular complexity index is 1590. The number of methoxy groups -OCH3 is 1. The van der Waals surface area contributed by atoms with E-state index in [1.54, 1.807) is 31.5 Å². The zero-order valence-electron chi connectivity index (χ0n) is 22.3. The molecule has 1 aliphatic rings. The monoisotopic (exact) mass is 559 g/mol. The maximum Gasteiger partial charge on any atom is 0.306 e. The maximum absolute atomic E-state index is 13.9. The van der Waals surface area contributed by atoms with E-state index in [2.05, 4.69) is 5.10 Å². The largest absolute Gasteiger partial charge is 0.507 e. The van der Waals surface area contributed by atoms with Crippen LogP contribution in [-0.2, 0) is 32.3 Å². The van der Waals surface area contributed by atoms with Crippen LogP contribution in [0.4, 0.5) is 0 Å². The fraction of sp³-hybridized carbons (Fsp3) is 0.444. The SMILES string of the molecule is COC(=O)CC(c1c(C)nn(C2CCS(=O)(=O)C2)c1C)c1c(O)cc(C)n(CCc2ccc(O)c(O)c2)c1=O. The van der Waals surface area contributed by atoms with Gasteiger partial charge in [-0.3, -0.25) is 14.3 Å². The van der Waals surface area contributed by atoms with E-state index in [-0.39, 0.29) is 53.3 Å². The quantitative estimate of drug-likeness (QED) is 0.278. The van der Waals surface area contributed by atoms with Crippen molar-refractivity contribution in [3.63, 3.8) is 0 Å². The molecule has 3 aromatic rings. The summed E-state index contributed by atoms with van der Waals surface area (Å²) in [5.41, 5.74) is 2.43. The van der Waals surface area contributed by atoms with E-state index in [1.807, 2.05) is 0 Å². The zero-order chi connectivity index (χ0) is 28.6. The third-order valence-corrected chi connectivity index (χ3v) is 9.17. The van der Waals surface area contributed by atoms with E-state index in [0.29, 0.717) is 41.1 Å². The number of pyridine rings is 1. The van der Waals surface area contributed by atoms with Crippen LogP contribution in [0.1, 0.15) is 58.6 Å². The maximum atomic E-state index is 13.9. The van der Waals surface area contributed by atoms with Crippen LogP contribution in [0.3, 0.4) is 0 Å². The van der Waals surface area contributed by atoms with Crippen molar-refractivity contribution in [3.05, 3.63) is 68.4 Å². The molecule has 3 heterocycles. The molecule has 0 saturated carbocycles. The van der Waals surface area contributed by atoms with Gasteiger partial charge in [-0.2, -0.15) is 5.10 Å². The molecule has 2 aromatic heterocycles. The van der Waals surface area contributed by atoms with E-state index in [0.717, 1.165) is 0 Å². The first-order valence-corrected chi connectivity index (χ1v) is 14.4. The van der Waals surface area contributed by atoms with Gasteiger partial charge >= 0.3 is 5.97 Å². The number of phenolic OH excluding ortho intramolecular Hbond substituents is 2. The van der Waals surface area contributed by atoms with Crippen molar-refractivity contribution < 1.29 is 33.3 Å². The lowest BCUT2D eigenvalue weighted by Crippen LogP contribution is -2.29. The average Bonchev–Trinajstić information content (AvgIpc) is 3.37. The molecule has 0 aliphatic carbocycles. The van der Waals surface area contributed by atoms with Crippen LogP contribution in [0.5, 0.6) is 17.2 Å². The number of aromatic nitrogens is 3. The first-order chi connectivity index (χ1) is 18.3. The minimum atomic E-state index is -3.18. The Morgan fingerprint density at radius 3 is 2.44 bits per heavy atom. The molecule has 1 fully saturated rings. The van der Waals surface area contributed by atoms with Gasteiger partial charge < -0.3 is 24.6 Å². The number of rotatable bonds is 8. The highest BCUT2D eigenvalue weighted by atomic mass is 32.2. The summed E-state index contributed by atoms with van der Waals surface area (Å²) in [5, 5.41) is 35.0. The van der Waals surface area contributed by atoms with E-state index in [9.17, 15) is 33.3 Å². The highest BCUT2D eigenvalue weighted by molar-refractivity contribution is 7.91. The van der Waals surface area contributed by atoms with Gasteiger partial charge in [0.25, 0.3) is 5.56 Å². The van der Waals surface area contributed by atoms with Crippen LogP contribution in [0.2, 0.25) is 0 Å². The molecule has 39 heavy (non-hydrogen) atoms. The van der Waals surface area contributed by atoms with Crippen LogP contribution < -0.4 is 5.56 Å². The highest BCUT2D eigenvalue weighted by Crippen LogP contribution is 2.38. The zero-order valence-corrected chi connectivity index (χ0v) is 23.2. The van der Waals surface area contributed by atoms with Crippen LogP contribution >= 0.6 is 0 Å². The van der Waals surface area contributed by atoms with Gasteiger partial charge in [-0.15, -0.1) is 0 Å². The van der Waals surface area contributed by atoms with E-state index in [4.69, 9.17) is 4.74 Å². The van der Waals surface area contributed by atoms with Crippen LogP contribution in [0.15, 0.2) is 29.1 Å². The second-order valence-corrected chi connectivity index (χ2v) is 12.3. The first-order valence-electron chi connectivity index (χ1n) is 12.6. The Morgan fingerprint density at radius 1 is 1.10 bits per heavy atom. The van der Waals surface area contributed by atoms with Crippen LogP contribution in [0, 0.1) is 20.8 Å². The first kappa shape index (κ1) is 28.2. The summed E-state index contributed by atoms with van der Waals surface area (Å²) in [6.45, 7) is 5.40. The summed E-state index contributed by atoms with van der Waals surface area (Å²) in [7, 11) is -1.93. The summed E-state index contributed by atoms with van der Waals surface area (Å²) < 4.78 is 32.3. The number of hydrogen-bond acceptors (Lipinski definition) is 9. The molecule has 11 nitrogen and oxygen atoms in total. The lowest BCUT2D eigenvalue weighted by Gasteiger charge is -2.21. The number of aromatic hydroxyl groups is 3. The van der Waals surface area contributed by atoms with Gasteiger partial charge in [0.2, 0.25) is 0 Å². The van der Waals surface area contributed by atoms with Gasteiger partial charge in [-0.05, 0) is 57.4 Å². The summed E-state index contributed by atoms with van der Waals surface area (Å²) in [4.78, 5) is 26.4. The molecule has 0 spiro atoms. The van der Waals surface area contributed by atoms with Gasteiger partial charge in [0.1, 0.15) is 5.75 Å². The van der Waals surface area contributed by atoms with Crippen LogP contribution in [-0.4, -0.2) is 62.7 Å². The van der Waals surface area contributed by atoms with Gasteiger partial charge in [0.05, 0.1) is 42.3 Å². The number of ether oxygens (including phenoxy) is 1. The fourth-order valence-corrected chi connectivity index (χ4v) is 7.13. The smallest absolute Gasteiger partial charge is 0.306 e. The van der Waals surface area contributed by atoms with Crippen LogP contribution in [0.25, 0.3) is 0 Å². The summed E-state index contributed by atoms with van der Waals surface area (Å²) in [6, 6.07) is 5.54. The van der Waals surface area contributed by atoms with E-state index in [1.165, 1.54) is 29.9 Å². The van der Waals surface area contributed by atoms with Crippen molar-refractivity contribution in [1.29, 1.82) is 0 Å². The number of hydrogen-bond donors (Lipinski definition) is 3. The Kier molecular flexibility index (Phi) is 7.78. The second kappa shape index (κ2) is 10.8. The molecule has 2 atom stereocenters. The third-order valence-electron chi connectivity index (χ3n) is 7.42. The number of benzene rings is 1. The van der Waals surface area contributed by atoms with Crippen molar-refractivity contribution >= 4 is 15.8 Å². The Morgan fingerprint density at radius 2 is 1.82 bits per heavy atom. The molecule has 0 bridgehead atoms. The van der Waals surface area contributed by atoms with E-state index >= 15 is 0 Å². The van der Waals surface area contributed by atoms with Gasteiger partial charge in [0.15, 0.2) is 21.3 Å². The minimum Gasteiger partial charge on any atom is -0.507 e. The number of sulfone groups is 1. The van der Waals surface area contributed by atoms with Crippen molar-refractivity contribution in [3.8, 4) is 17.2 Å². The fourth-order valence-electron chi connectivity index (χ4n) is 5.44. The number of nitrogens with zero attached hydrogens (tertiary/aromatic N) is 3. The number of carbonyl (C=O) groups is 1. The molecule has 1 saturated heterocycles. The summed E-state index contributed by atoms with van der Waals surface area (Å²) in [5.74, 6) is -2.21. The van der Waals surface area contributed by atoms with Crippen molar-refractivity contribution in [2.24, 2.45) is 0 Å². The molecular formula is C27H33N3O8S. The van der Waals surface area contributed by atoms with Gasteiger partial charge in [0, 0.05) is 29.4 Å². The molecule has 12 heteroatoms. The molecular weight excluding hydrogens is 526 g/mol. The minimum absolute atomic E-state index is 0.0179. The topological polar surface area (TPSA) is 161 Å². The molecule has 3 N–H and O–H groups in total. The molecule has 1 aliphatic heterocycles. The molecule has 0 radical (unpaired) electrons. The summed E-state index contributed by atoms with van der Waals surface area (Å²) >= 11 is 0. The Labute approximate surface area is 226 Å². The number of phenols is 2. The molecule has 4 rings (SSSR count). The normalized spacial score (nSPS) is 17.3. The van der Waals surface area contributed by atoms with Gasteiger partial charge in [-0.25, -0.2) is 8.42 Å². The van der Waals surface area contributed by atoms with Gasteiger partial charge in [-0.1, -0.05) is 6.07 Å². The van der Waals surface area contributed by atoms with E-state index < -0.39 is 27.3 Å². The Balaban J connectivity index is 1.79.